The molecule has 0 aliphatic heterocycles. The van der Waals surface area contributed by atoms with E-state index in [4.69, 9.17) is 9.47 Å². The molecule has 0 bridgehead atoms. The number of anilines is 1. The molecule has 0 aliphatic rings. The Hall–Kier alpha value is -2.53. The zero-order chi connectivity index (χ0) is 17.9. The fourth-order valence-electron chi connectivity index (χ4n) is 2.59. The van der Waals surface area contributed by atoms with E-state index in [-0.39, 0.29) is 5.91 Å². The Bertz CT molecular complexity index is 646. The van der Waals surface area contributed by atoms with Crippen molar-refractivity contribution in [3.8, 4) is 11.5 Å². The number of hydrogen-bond donors (Lipinski definition) is 2. The fourth-order valence-corrected chi connectivity index (χ4v) is 2.59. The minimum Gasteiger partial charge on any atom is -0.495 e. The minimum absolute atomic E-state index is 0.00896. The number of rotatable bonds is 10. The Morgan fingerprint density at radius 1 is 1.08 bits per heavy atom. The molecule has 0 saturated heterocycles. The normalized spacial score (nSPS) is 11.6. The lowest BCUT2D eigenvalue weighted by atomic mass is 10.3. The number of hydrogen-bond acceptors (Lipinski definition) is 3. The van der Waals surface area contributed by atoms with Crippen LogP contribution in [0, 0.1) is 0 Å². The average molecular weight is 343 g/mol. The number of quaternary nitrogens is 1. The van der Waals surface area contributed by atoms with Crippen molar-refractivity contribution >= 4 is 11.6 Å². The van der Waals surface area contributed by atoms with Gasteiger partial charge in [-0.2, -0.15) is 0 Å². The van der Waals surface area contributed by atoms with Crippen molar-refractivity contribution in [3.05, 3.63) is 54.6 Å². The van der Waals surface area contributed by atoms with Gasteiger partial charge in [0.25, 0.3) is 5.91 Å². The molecule has 134 valence electrons. The van der Waals surface area contributed by atoms with Crippen LogP contribution < -0.4 is 19.7 Å². The van der Waals surface area contributed by atoms with Gasteiger partial charge in [0.05, 0.1) is 32.5 Å². The standard InChI is InChI=1S/C20H26N2O3/c1-3-22(14-9-15-25-17-10-5-4-6-11-17)16-20(23)21-18-12-7-8-13-19(18)24-2/h4-8,10-13H,3,9,14-16H2,1-2H3,(H,21,23)/p+1. The number of benzene rings is 2. The Labute approximate surface area is 149 Å². The number of amides is 1. The Morgan fingerprint density at radius 2 is 1.80 bits per heavy atom. The van der Waals surface area contributed by atoms with E-state index in [1.165, 1.54) is 4.90 Å². The van der Waals surface area contributed by atoms with Crippen molar-refractivity contribution < 1.29 is 19.2 Å². The molecule has 1 amide bonds. The third-order valence-corrected chi connectivity index (χ3v) is 3.98. The lowest BCUT2D eigenvalue weighted by molar-refractivity contribution is -0.890. The first kappa shape index (κ1) is 18.8. The first-order chi connectivity index (χ1) is 12.2. The predicted molar refractivity (Wildman–Crippen MR) is 99.4 cm³/mol. The van der Waals surface area contributed by atoms with Crippen LogP contribution in [0.25, 0.3) is 0 Å². The van der Waals surface area contributed by atoms with Gasteiger partial charge in [0.15, 0.2) is 6.54 Å². The third kappa shape index (κ3) is 6.47. The number of carbonyl (C=O) groups excluding carboxylic acids is 1. The lowest BCUT2D eigenvalue weighted by Crippen LogP contribution is -3.12. The molecule has 0 aliphatic carbocycles. The van der Waals surface area contributed by atoms with E-state index in [9.17, 15) is 4.79 Å². The summed E-state index contributed by atoms with van der Waals surface area (Å²) in [5, 5.41) is 2.93. The van der Waals surface area contributed by atoms with Crippen molar-refractivity contribution in [1.82, 2.24) is 0 Å². The van der Waals surface area contributed by atoms with Crippen LogP contribution in [-0.2, 0) is 4.79 Å². The quantitative estimate of drug-likeness (QED) is 0.649. The van der Waals surface area contributed by atoms with Gasteiger partial charge in [-0.1, -0.05) is 30.3 Å². The number of carbonyl (C=O) groups is 1. The molecule has 2 rings (SSSR count). The van der Waals surface area contributed by atoms with Gasteiger partial charge in [0.1, 0.15) is 11.5 Å². The van der Waals surface area contributed by atoms with E-state index in [2.05, 4.69) is 12.2 Å². The molecule has 1 atom stereocenters. The molecule has 25 heavy (non-hydrogen) atoms. The average Bonchev–Trinajstić information content (AvgIpc) is 2.65. The second-order valence-corrected chi connectivity index (χ2v) is 5.79. The van der Waals surface area contributed by atoms with Crippen LogP contribution in [0.4, 0.5) is 5.69 Å². The monoisotopic (exact) mass is 343 g/mol. The molecule has 0 saturated carbocycles. The molecule has 0 fully saturated rings. The molecule has 2 aromatic rings. The summed E-state index contributed by atoms with van der Waals surface area (Å²) in [5.74, 6) is 1.55. The van der Waals surface area contributed by atoms with E-state index < -0.39 is 0 Å². The molecule has 1 unspecified atom stereocenters. The van der Waals surface area contributed by atoms with Crippen molar-refractivity contribution in [2.24, 2.45) is 0 Å². The predicted octanol–water partition coefficient (Wildman–Crippen LogP) is 2.01. The SMILES string of the molecule is CC[NH+](CCCOc1ccccc1)CC(=O)Nc1ccccc1OC. The van der Waals surface area contributed by atoms with Crippen molar-refractivity contribution in [1.29, 1.82) is 0 Å². The van der Waals surface area contributed by atoms with E-state index in [1.54, 1.807) is 7.11 Å². The second-order valence-electron chi connectivity index (χ2n) is 5.79. The van der Waals surface area contributed by atoms with Crippen molar-refractivity contribution in [2.45, 2.75) is 13.3 Å². The van der Waals surface area contributed by atoms with Crippen LogP contribution in [0.2, 0.25) is 0 Å². The van der Waals surface area contributed by atoms with Gasteiger partial charge in [-0.25, -0.2) is 0 Å². The number of nitrogens with one attached hydrogen (secondary N) is 2. The molecular weight excluding hydrogens is 316 g/mol. The number of likely N-dealkylation sites (N-methyl/N-ethyl adjacent to an activating group) is 1. The molecule has 0 heterocycles. The largest absolute Gasteiger partial charge is 0.495 e. The second kappa shape index (κ2) is 10.4. The summed E-state index contributed by atoms with van der Waals surface area (Å²) >= 11 is 0. The minimum atomic E-state index is -0.00896. The highest BCUT2D eigenvalue weighted by molar-refractivity contribution is 5.92. The molecule has 0 radical (unpaired) electrons. The van der Waals surface area contributed by atoms with Crippen LogP contribution in [0.15, 0.2) is 54.6 Å². The molecule has 5 nitrogen and oxygen atoms in total. The maximum atomic E-state index is 12.3. The van der Waals surface area contributed by atoms with E-state index >= 15 is 0 Å². The first-order valence-corrected chi connectivity index (χ1v) is 8.67. The summed E-state index contributed by atoms with van der Waals surface area (Å²) < 4.78 is 11.0. The maximum absolute atomic E-state index is 12.3. The molecular formula is C20H27N2O3+. The topological polar surface area (TPSA) is 52.0 Å². The van der Waals surface area contributed by atoms with Gasteiger partial charge in [-0.05, 0) is 31.2 Å². The van der Waals surface area contributed by atoms with E-state index in [0.29, 0.717) is 24.6 Å². The van der Waals surface area contributed by atoms with Gasteiger partial charge < -0.3 is 19.7 Å². The van der Waals surface area contributed by atoms with Crippen LogP contribution in [0.5, 0.6) is 11.5 Å². The molecule has 2 N–H and O–H groups in total. The summed E-state index contributed by atoms with van der Waals surface area (Å²) in [6.07, 6.45) is 0.903. The van der Waals surface area contributed by atoms with E-state index in [1.807, 2.05) is 54.6 Å². The van der Waals surface area contributed by atoms with Crippen LogP contribution in [0.1, 0.15) is 13.3 Å². The third-order valence-electron chi connectivity index (χ3n) is 3.98. The number of ether oxygens (including phenoxy) is 2. The summed E-state index contributed by atoms with van der Waals surface area (Å²) in [5.41, 5.74) is 0.706. The lowest BCUT2D eigenvalue weighted by Gasteiger charge is -2.18. The Morgan fingerprint density at radius 3 is 2.52 bits per heavy atom. The summed E-state index contributed by atoms with van der Waals surface area (Å²) in [6.45, 7) is 4.96. The van der Waals surface area contributed by atoms with Crippen LogP contribution in [-0.4, -0.2) is 39.3 Å². The Kier molecular flexibility index (Phi) is 7.79. The summed E-state index contributed by atoms with van der Waals surface area (Å²) in [6, 6.07) is 17.2. The van der Waals surface area contributed by atoms with Gasteiger partial charge in [-0.3, -0.25) is 4.79 Å². The zero-order valence-corrected chi connectivity index (χ0v) is 15.0. The van der Waals surface area contributed by atoms with Gasteiger partial charge >= 0.3 is 0 Å². The maximum Gasteiger partial charge on any atom is 0.279 e. The van der Waals surface area contributed by atoms with Gasteiger partial charge in [0.2, 0.25) is 0 Å². The highest BCUT2D eigenvalue weighted by atomic mass is 16.5. The Balaban J connectivity index is 1.74. The highest BCUT2D eigenvalue weighted by Crippen LogP contribution is 2.22. The molecule has 2 aromatic carbocycles. The summed E-state index contributed by atoms with van der Waals surface area (Å²) in [4.78, 5) is 13.5. The van der Waals surface area contributed by atoms with Crippen molar-refractivity contribution in [3.63, 3.8) is 0 Å². The first-order valence-electron chi connectivity index (χ1n) is 8.67. The summed E-state index contributed by atoms with van der Waals surface area (Å²) in [7, 11) is 1.60. The van der Waals surface area contributed by atoms with Crippen molar-refractivity contribution in [2.75, 3.05) is 38.7 Å². The number of methoxy groups -OCH3 is 1. The fraction of sp³-hybridized carbons (Fsp3) is 0.350. The zero-order valence-electron chi connectivity index (χ0n) is 15.0. The van der Waals surface area contributed by atoms with Gasteiger partial charge in [-0.15, -0.1) is 0 Å². The number of para-hydroxylation sites is 3. The molecule has 5 heteroatoms. The smallest absolute Gasteiger partial charge is 0.279 e. The molecule has 0 aromatic heterocycles. The van der Waals surface area contributed by atoms with Crippen LogP contribution in [0.3, 0.4) is 0 Å². The van der Waals surface area contributed by atoms with Crippen LogP contribution >= 0.6 is 0 Å². The molecule has 0 spiro atoms. The van der Waals surface area contributed by atoms with E-state index in [0.717, 1.165) is 25.3 Å². The van der Waals surface area contributed by atoms with Gasteiger partial charge in [0, 0.05) is 6.42 Å². The highest BCUT2D eigenvalue weighted by Gasteiger charge is 2.14.